The summed E-state index contributed by atoms with van der Waals surface area (Å²) in [6, 6.07) is 6.62. The lowest BCUT2D eigenvalue weighted by molar-refractivity contribution is 0.559. The van der Waals surface area contributed by atoms with Crippen LogP contribution in [-0.2, 0) is 13.5 Å². The minimum Gasteiger partial charge on any atom is -0.368 e. The summed E-state index contributed by atoms with van der Waals surface area (Å²) in [6.07, 6.45) is 4.36. The molecule has 10 nitrogen and oxygen atoms in total. The van der Waals surface area contributed by atoms with E-state index in [1.807, 2.05) is 0 Å². The van der Waals surface area contributed by atoms with E-state index in [4.69, 9.17) is 5.73 Å². The van der Waals surface area contributed by atoms with Crippen LogP contribution in [-0.4, -0.2) is 39.1 Å². The number of aryl methyl sites for hydroxylation is 1. The third-order valence-corrected chi connectivity index (χ3v) is 4.91. The molecule has 32 heavy (non-hydrogen) atoms. The highest BCUT2D eigenvalue weighted by Crippen LogP contribution is 2.30. The second-order valence-corrected chi connectivity index (χ2v) is 6.99. The standard InChI is InChI=1S/C20H15F2N9O/c1-29-10-11(5-6-16(29)32)17-18-26-15(9-12-13(21)3-2-4-14(12)22)28-30(18)20(23)27-19(17)31-24-7-8-25-31/h2-8,10H,9H2,1H3,(H2,23,27). The average molecular weight is 435 g/mol. The first-order valence-electron chi connectivity index (χ1n) is 9.44. The molecule has 0 amide bonds. The number of hydrogen-bond donors (Lipinski definition) is 1. The van der Waals surface area contributed by atoms with Crippen molar-refractivity contribution < 1.29 is 8.78 Å². The molecule has 160 valence electrons. The monoisotopic (exact) mass is 435 g/mol. The summed E-state index contributed by atoms with van der Waals surface area (Å²) in [5.74, 6) is -1.02. The molecule has 4 heterocycles. The summed E-state index contributed by atoms with van der Waals surface area (Å²) >= 11 is 0. The van der Waals surface area contributed by atoms with Gasteiger partial charge in [0.1, 0.15) is 11.6 Å². The maximum atomic E-state index is 14.2. The van der Waals surface area contributed by atoms with E-state index in [-0.39, 0.29) is 40.8 Å². The molecule has 5 aromatic rings. The quantitative estimate of drug-likeness (QED) is 0.454. The van der Waals surface area contributed by atoms with Crippen molar-refractivity contribution in [2.75, 3.05) is 5.73 Å². The SMILES string of the molecule is Cn1cc(-c2c(-n3nccn3)nc(N)n3nc(Cc4c(F)cccc4F)nc23)ccc1=O. The normalized spacial score (nSPS) is 11.3. The first-order valence-corrected chi connectivity index (χ1v) is 9.44. The van der Waals surface area contributed by atoms with Gasteiger partial charge < -0.3 is 10.3 Å². The first-order chi connectivity index (χ1) is 15.4. The fourth-order valence-corrected chi connectivity index (χ4v) is 3.39. The fourth-order valence-electron chi connectivity index (χ4n) is 3.39. The van der Waals surface area contributed by atoms with Gasteiger partial charge in [-0.1, -0.05) is 6.07 Å². The summed E-state index contributed by atoms with van der Waals surface area (Å²) in [4.78, 5) is 22.0. The zero-order chi connectivity index (χ0) is 22.4. The summed E-state index contributed by atoms with van der Waals surface area (Å²) in [5, 5.41) is 12.5. The highest BCUT2D eigenvalue weighted by molar-refractivity contribution is 5.83. The highest BCUT2D eigenvalue weighted by atomic mass is 19.1. The summed E-state index contributed by atoms with van der Waals surface area (Å²) < 4.78 is 31.0. The van der Waals surface area contributed by atoms with Crippen LogP contribution in [0.4, 0.5) is 14.7 Å². The van der Waals surface area contributed by atoms with Gasteiger partial charge >= 0.3 is 0 Å². The molecule has 0 spiro atoms. The van der Waals surface area contributed by atoms with Crippen LogP contribution in [0.3, 0.4) is 0 Å². The van der Waals surface area contributed by atoms with Crippen LogP contribution in [0.25, 0.3) is 22.6 Å². The smallest absolute Gasteiger partial charge is 0.250 e. The molecule has 12 heteroatoms. The Labute approximate surface area is 178 Å². The average Bonchev–Trinajstić information content (AvgIpc) is 3.43. The maximum absolute atomic E-state index is 14.2. The molecular weight excluding hydrogens is 420 g/mol. The molecule has 0 radical (unpaired) electrons. The number of aromatic nitrogens is 8. The Balaban J connectivity index is 1.77. The van der Waals surface area contributed by atoms with Crippen molar-refractivity contribution in [3.63, 3.8) is 0 Å². The van der Waals surface area contributed by atoms with Gasteiger partial charge in [-0.2, -0.15) is 19.7 Å². The van der Waals surface area contributed by atoms with Crippen LogP contribution in [0.5, 0.6) is 0 Å². The number of pyridine rings is 1. The van der Waals surface area contributed by atoms with Crippen LogP contribution in [0.2, 0.25) is 0 Å². The number of nitrogens with two attached hydrogens (primary N) is 1. The molecule has 2 N–H and O–H groups in total. The number of benzene rings is 1. The van der Waals surface area contributed by atoms with E-state index >= 15 is 0 Å². The van der Waals surface area contributed by atoms with Crippen LogP contribution in [0.1, 0.15) is 11.4 Å². The Bertz CT molecular complexity index is 1500. The van der Waals surface area contributed by atoms with Crippen LogP contribution in [0, 0.1) is 11.6 Å². The molecule has 0 aliphatic carbocycles. The predicted molar refractivity (Wildman–Crippen MR) is 110 cm³/mol. The van der Waals surface area contributed by atoms with E-state index in [1.54, 1.807) is 19.3 Å². The molecule has 0 unspecified atom stereocenters. The Morgan fingerprint density at radius 3 is 2.44 bits per heavy atom. The number of nitrogen functional groups attached to an aromatic ring is 1. The Morgan fingerprint density at radius 1 is 1.03 bits per heavy atom. The molecule has 5 rings (SSSR count). The van der Waals surface area contributed by atoms with Crippen LogP contribution < -0.4 is 11.3 Å². The molecule has 0 saturated carbocycles. The third-order valence-electron chi connectivity index (χ3n) is 4.91. The highest BCUT2D eigenvalue weighted by Gasteiger charge is 2.22. The van der Waals surface area contributed by atoms with Crippen LogP contribution in [0.15, 0.2) is 53.7 Å². The lowest BCUT2D eigenvalue weighted by atomic mass is 10.1. The molecular formula is C20H15F2N9O. The van der Waals surface area contributed by atoms with Crippen molar-refractivity contribution in [3.05, 3.63) is 82.3 Å². The second kappa shape index (κ2) is 7.34. The number of anilines is 1. The number of fused-ring (bicyclic) bond motifs is 1. The van der Waals surface area contributed by atoms with Gasteiger partial charge in [0.25, 0.3) is 0 Å². The Kier molecular flexibility index (Phi) is 4.47. The van der Waals surface area contributed by atoms with E-state index in [0.717, 1.165) is 0 Å². The molecule has 0 saturated heterocycles. The minimum atomic E-state index is -0.699. The van der Waals surface area contributed by atoms with E-state index in [9.17, 15) is 13.6 Å². The molecule has 0 aliphatic rings. The van der Waals surface area contributed by atoms with Crippen molar-refractivity contribution >= 4 is 11.6 Å². The van der Waals surface area contributed by atoms with E-state index in [0.29, 0.717) is 11.1 Å². The van der Waals surface area contributed by atoms with Crippen molar-refractivity contribution in [1.29, 1.82) is 0 Å². The van der Waals surface area contributed by atoms with Gasteiger partial charge in [-0.05, 0) is 18.2 Å². The summed E-state index contributed by atoms with van der Waals surface area (Å²) in [7, 11) is 1.61. The molecule has 0 bridgehead atoms. The number of rotatable bonds is 4. The van der Waals surface area contributed by atoms with E-state index < -0.39 is 11.6 Å². The van der Waals surface area contributed by atoms with Gasteiger partial charge in [-0.15, -0.1) is 9.90 Å². The number of nitrogens with zero attached hydrogens (tertiary/aromatic N) is 8. The predicted octanol–water partition coefficient (Wildman–Crippen LogP) is 1.52. The van der Waals surface area contributed by atoms with Crippen molar-refractivity contribution in [1.82, 2.24) is 39.1 Å². The molecule has 4 aromatic heterocycles. The van der Waals surface area contributed by atoms with Crippen molar-refractivity contribution in [2.45, 2.75) is 6.42 Å². The zero-order valence-corrected chi connectivity index (χ0v) is 16.6. The van der Waals surface area contributed by atoms with E-state index in [2.05, 4.69) is 25.3 Å². The first kappa shape index (κ1) is 19.5. The van der Waals surface area contributed by atoms with Gasteiger partial charge in [-0.25, -0.2) is 13.8 Å². The third kappa shape index (κ3) is 3.17. The molecule has 0 aliphatic heterocycles. The van der Waals surface area contributed by atoms with Crippen molar-refractivity contribution in [3.8, 4) is 16.9 Å². The van der Waals surface area contributed by atoms with Crippen LogP contribution >= 0.6 is 0 Å². The van der Waals surface area contributed by atoms with Gasteiger partial charge in [0.05, 0.1) is 18.0 Å². The fraction of sp³-hybridized carbons (Fsp3) is 0.100. The Hall–Kier alpha value is -4.48. The van der Waals surface area contributed by atoms with Gasteiger partial charge in [-0.3, -0.25) is 4.79 Å². The number of hydrogen-bond acceptors (Lipinski definition) is 7. The van der Waals surface area contributed by atoms with Crippen molar-refractivity contribution in [2.24, 2.45) is 7.05 Å². The maximum Gasteiger partial charge on any atom is 0.250 e. The van der Waals surface area contributed by atoms with E-state index in [1.165, 1.54) is 50.5 Å². The largest absolute Gasteiger partial charge is 0.368 e. The lowest BCUT2D eigenvalue weighted by Gasteiger charge is -2.11. The molecule has 1 aromatic carbocycles. The minimum absolute atomic E-state index is 0.0198. The zero-order valence-electron chi connectivity index (χ0n) is 16.6. The summed E-state index contributed by atoms with van der Waals surface area (Å²) in [5.41, 5.74) is 7.04. The number of halogens is 2. The van der Waals surface area contributed by atoms with Gasteiger partial charge in [0, 0.05) is 36.9 Å². The topological polar surface area (TPSA) is 122 Å². The molecule has 0 atom stereocenters. The van der Waals surface area contributed by atoms with Gasteiger partial charge in [0.2, 0.25) is 11.5 Å². The van der Waals surface area contributed by atoms with Gasteiger partial charge in [0.15, 0.2) is 17.3 Å². The second-order valence-electron chi connectivity index (χ2n) is 6.99. The Morgan fingerprint density at radius 2 is 1.75 bits per heavy atom. The summed E-state index contributed by atoms with van der Waals surface area (Å²) in [6.45, 7) is 0. The lowest BCUT2D eigenvalue weighted by Crippen LogP contribution is -2.15. The molecule has 0 fully saturated rings.